The van der Waals surface area contributed by atoms with Crippen LogP contribution in [0.4, 0.5) is 8.78 Å². The average Bonchev–Trinajstić information content (AvgIpc) is 2.81. The molecule has 1 aromatic heterocycles. The second-order valence-corrected chi connectivity index (χ2v) is 5.91. The lowest BCUT2D eigenvalue weighted by Crippen LogP contribution is -2.35. The van der Waals surface area contributed by atoms with Crippen molar-refractivity contribution in [3.63, 3.8) is 0 Å². The topological polar surface area (TPSA) is 54.7 Å². The molecule has 108 valence electrons. The number of imidazole rings is 1. The summed E-state index contributed by atoms with van der Waals surface area (Å²) in [7, 11) is 0. The van der Waals surface area contributed by atoms with E-state index in [4.69, 9.17) is 5.73 Å². The fraction of sp³-hybridized carbons (Fsp3) is 0.533. The highest BCUT2D eigenvalue weighted by Gasteiger charge is 2.31. The zero-order valence-electron chi connectivity index (χ0n) is 11.4. The number of hydrogen-bond donors (Lipinski definition) is 2. The largest absolute Gasteiger partial charge is 0.342 e. The number of aromatic amines is 1. The first kappa shape index (κ1) is 13.5. The summed E-state index contributed by atoms with van der Waals surface area (Å²) in [6.45, 7) is 0.632. The van der Waals surface area contributed by atoms with Crippen molar-refractivity contribution in [2.24, 2.45) is 11.1 Å². The summed E-state index contributed by atoms with van der Waals surface area (Å²) in [5.74, 6) is -0.932. The fourth-order valence-electron chi connectivity index (χ4n) is 3.25. The Hall–Kier alpha value is -1.49. The van der Waals surface area contributed by atoms with Gasteiger partial charge in [-0.2, -0.15) is 0 Å². The molecule has 1 saturated carbocycles. The van der Waals surface area contributed by atoms with Gasteiger partial charge in [-0.15, -0.1) is 0 Å². The Bertz CT molecular complexity index is 576. The zero-order valence-corrected chi connectivity index (χ0v) is 11.4. The molecule has 1 aliphatic rings. The van der Waals surface area contributed by atoms with Gasteiger partial charge in [-0.25, -0.2) is 13.8 Å². The van der Waals surface area contributed by atoms with Crippen LogP contribution in [0.15, 0.2) is 12.1 Å². The molecule has 0 amide bonds. The van der Waals surface area contributed by atoms with Gasteiger partial charge < -0.3 is 10.7 Å². The Morgan fingerprint density at radius 3 is 2.55 bits per heavy atom. The molecule has 1 fully saturated rings. The van der Waals surface area contributed by atoms with E-state index in [9.17, 15) is 8.78 Å². The number of fused-ring (bicyclic) bond motifs is 1. The SMILES string of the molecule is NCC1(Cc2nc3cc(F)c(F)cc3[nH]2)CCCCC1. The Balaban J connectivity index is 1.90. The van der Waals surface area contributed by atoms with Crippen LogP contribution in [0.25, 0.3) is 11.0 Å². The average molecular weight is 279 g/mol. The smallest absolute Gasteiger partial charge is 0.161 e. The van der Waals surface area contributed by atoms with E-state index >= 15 is 0 Å². The maximum Gasteiger partial charge on any atom is 0.161 e. The molecule has 3 N–H and O–H groups in total. The van der Waals surface area contributed by atoms with Crippen molar-refractivity contribution in [3.05, 3.63) is 29.6 Å². The quantitative estimate of drug-likeness (QED) is 0.905. The predicted octanol–water partition coefficient (Wildman–Crippen LogP) is 3.29. The van der Waals surface area contributed by atoms with Crippen molar-refractivity contribution in [3.8, 4) is 0 Å². The molecule has 20 heavy (non-hydrogen) atoms. The molecule has 0 saturated heterocycles. The normalized spacial score (nSPS) is 18.6. The minimum atomic E-state index is -0.859. The molecule has 1 aromatic carbocycles. The van der Waals surface area contributed by atoms with Gasteiger partial charge in [0.2, 0.25) is 0 Å². The van der Waals surface area contributed by atoms with Crippen LogP contribution < -0.4 is 5.73 Å². The van der Waals surface area contributed by atoms with Gasteiger partial charge in [0.15, 0.2) is 11.6 Å². The van der Waals surface area contributed by atoms with Gasteiger partial charge in [-0.1, -0.05) is 19.3 Å². The summed E-state index contributed by atoms with van der Waals surface area (Å²) in [4.78, 5) is 7.48. The lowest BCUT2D eigenvalue weighted by atomic mass is 9.72. The summed E-state index contributed by atoms with van der Waals surface area (Å²) >= 11 is 0. The van der Waals surface area contributed by atoms with Gasteiger partial charge in [0.1, 0.15) is 5.82 Å². The molecule has 2 aromatic rings. The summed E-state index contributed by atoms with van der Waals surface area (Å²) < 4.78 is 26.4. The van der Waals surface area contributed by atoms with Crippen LogP contribution in [-0.2, 0) is 6.42 Å². The third-order valence-corrected chi connectivity index (χ3v) is 4.46. The minimum Gasteiger partial charge on any atom is -0.342 e. The van der Waals surface area contributed by atoms with E-state index in [1.54, 1.807) is 0 Å². The van der Waals surface area contributed by atoms with E-state index in [1.807, 2.05) is 0 Å². The van der Waals surface area contributed by atoms with Gasteiger partial charge in [0.25, 0.3) is 0 Å². The van der Waals surface area contributed by atoms with E-state index < -0.39 is 11.6 Å². The summed E-state index contributed by atoms with van der Waals surface area (Å²) in [5, 5.41) is 0. The van der Waals surface area contributed by atoms with Crippen molar-refractivity contribution in [1.29, 1.82) is 0 Å². The number of halogens is 2. The van der Waals surface area contributed by atoms with Crippen LogP contribution in [0.1, 0.15) is 37.9 Å². The Kier molecular flexibility index (Phi) is 3.46. The van der Waals surface area contributed by atoms with Crippen molar-refractivity contribution in [2.75, 3.05) is 6.54 Å². The zero-order chi connectivity index (χ0) is 14.2. The van der Waals surface area contributed by atoms with Gasteiger partial charge >= 0.3 is 0 Å². The summed E-state index contributed by atoms with van der Waals surface area (Å²) in [5.41, 5.74) is 7.07. The molecule has 3 nitrogen and oxygen atoms in total. The Morgan fingerprint density at radius 1 is 1.15 bits per heavy atom. The standard InChI is InChI=1S/C15H19F2N3/c16-10-6-12-13(7-11(10)17)20-14(19-12)8-15(9-18)4-2-1-3-5-15/h6-7H,1-5,8-9,18H2,(H,19,20). The highest BCUT2D eigenvalue weighted by molar-refractivity contribution is 5.75. The fourth-order valence-corrected chi connectivity index (χ4v) is 3.25. The molecule has 0 bridgehead atoms. The molecular weight excluding hydrogens is 260 g/mol. The number of aromatic nitrogens is 2. The lowest BCUT2D eigenvalue weighted by Gasteiger charge is -2.35. The van der Waals surface area contributed by atoms with Gasteiger partial charge in [0, 0.05) is 18.6 Å². The molecule has 0 unspecified atom stereocenters. The lowest BCUT2D eigenvalue weighted by molar-refractivity contribution is 0.194. The number of nitrogens with zero attached hydrogens (tertiary/aromatic N) is 1. The molecule has 3 rings (SSSR count). The highest BCUT2D eigenvalue weighted by atomic mass is 19.2. The number of H-pyrrole nitrogens is 1. The highest BCUT2D eigenvalue weighted by Crippen LogP contribution is 2.38. The van der Waals surface area contributed by atoms with Crippen LogP contribution in [0, 0.1) is 17.0 Å². The van der Waals surface area contributed by atoms with Crippen LogP contribution >= 0.6 is 0 Å². The second kappa shape index (κ2) is 5.13. The van der Waals surface area contributed by atoms with Crippen LogP contribution in [0.3, 0.4) is 0 Å². The first-order valence-corrected chi connectivity index (χ1v) is 7.16. The third-order valence-electron chi connectivity index (χ3n) is 4.46. The molecule has 0 spiro atoms. The monoisotopic (exact) mass is 279 g/mol. The molecule has 1 aliphatic carbocycles. The first-order valence-electron chi connectivity index (χ1n) is 7.16. The van der Waals surface area contributed by atoms with Crippen LogP contribution in [0.5, 0.6) is 0 Å². The second-order valence-electron chi connectivity index (χ2n) is 5.91. The number of rotatable bonds is 3. The van der Waals surface area contributed by atoms with Crippen LogP contribution in [0.2, 0.25) is 0 Å². The maximum absolute atomic E-state index is 13.2. The Morgan fingerprint density at radius 2 is 1.85 bits per heavy atom. The van der Waals surface area contributed by atoms with E-state index in [-0.39, 0.29) is 5.41 Å². The van der Waals surface area contributed by atoms with Gasteiger partial charge in [0.05, 0.1) is 11.0 Å². The van der Waals surface area contributed by atoms with E-state index in [2.05, 4.69) is 9.97 Å². The first-order chi connectivity index (χ1) is 9.62. The van der Waals surface area contributed by atoms with Gasteiger partial charge in [-0.3, -0.25) is 0 Å². The molecule has 0 aliphatic heterocycles. The number of nitrogens with one attached hydrogen (secondary N) is 1. The maximum atomic E-state index is 13.2. The van der Waals surface area contributed by atoms with Crippen molar-refractivity contribution >= 4 is 11.0 Å². The van der Waals surface area contributed by atoms with E-state index in [1.165, 1.54) is 19.3 Å². The number of nitrogens with two attached hydrogens (primary N) is 1. The van der Waals surface area contributed by atoms with E-state index in [0.717, 1.165) is 37.2 Å². The number of hydrogen-bond acceptors (Lipinski definition) is 2. The van der Waals surface area contributed by atoms with E-state index in [0.29, 0.717) is 17.6 Å². The minimum absolute atomic E-state index is 0.0865. The predicted molar refractivity (Wildman–Crippen MR) is 74.3 cm³/mol. The van der Waals surface area contributed by atoms with Crippen molar-refractivity contribution in [1.82, 2.24) is 9.97 Å². The summed E-state index contributed by atoms with van der Waals surface area (Å²) in [6, 6.07) is 2.30. The van der Waals surface area contributed by atoms with Crippen molar-refractivity contribution in [2.45, 2.75) is 38.5 Å². The van der Waals surface area contributed by atoms with Gasteiger partial charge in [-0.05, 0) is 24.8 Å². The number of benzene rings is 1. The molecule has 0 radical (unpaired) electrons. The molecule has 0 atom stereocenters. The summed E-state index contributed by atoms with van der Waals surface area (Å²) in [6.07, 6.45) is 6.60. The Labute approximate surface area is 116 Å². The molecule has 5 heteroatoms. The van der Waals surface area contributed by atoms with Crippen molar-refractivity contribution < 1.29 is 8.78 Å². The molecular formula is C15H19F2N3. The third kappa shape index (κ3) is 2.42. The van der Waals surface area contributed by atoms with Crippen LogP contribution in [-0.4, -0.2) is 16.5 Å². The molecule has 1 heterocycles.